The van der Waals surface area contributed by atoms with Crippen LogP contribution in [0, 0.1) is 11.3 Å². The van der Waals surface area contributed by atoms with Gasteiger partial charge in [0.1, 0.15) is 0 Å². The van der Waals surface area contributed by atoms with E-state index in [1.807, 2.05) is 0 Å². The van der Waals surface area contributed by atoms with Crippen LogP contribution in [0.5, 0.6) is 0 Å². The van der Waals surface area contributed by atoms with Crippen molar-refractivity contribution in [2.24, 2.45) is 11.3 Å². The Labute approximate surface area is 89.9 Å². The van der Waals surface area contributed by atoms with Gasteiger partial charge in [-0.05, 0) is 24.2 Å². The van der Waals surface area contributed by atoms with Crippen LogP contribution in [0.15, 0.2) is 0 Å². The Balaban J connectivity index is 3.65. The second-order valence-electron chi connectivity index (χ2n) is 5.21. The molecule has 0 fully saturated rings. The van der Waals surface area contributed by atoms with Gasteiger partial charge in [-0.3, -0.25) is 0 Å². The van der Waals surface area contributed by atoms with Crippen molar-refractivity contribution >= 4 is 0 Å². The maximum absolute atomic E-state index is 8.68. The predicted octanol–water partition coefficient (Wildman–Crippen LogP) is 4.00. The molecule has 1 heteroatoms. The van der Waals surface area contributed by atoms with E-state index in [0.29, 0.717) is 12.0 Å². The van der Waals surface area contributed by atoms with Crippen LogP contribution >= 0.6 is 0 Å². The minimum Gasteiger partial charge on any atom is -0.396 e. The summed E-state index contributed by atoms with van der Waals surface area (Å²) in [4.78, 5) is 0. The highest BCUT2D eigenvalue weighted by molar-refractivity contribution is 4.74. The van der Waals surface area contributed by atoms with Crippen LogP contribution < -0.4 is 0 Å². The highest BCUT2D eigenvalue weighted by Gasteiger charge is 2.23. The third-order valence-corrected chi connectivity index (χ3v) is 3.52. The summed E-state index contributed by atoms with van der Waals surface area (Å²) in [6.45, 7) is 9.75. The molecule has 0 saturated carbocycles. The van der Waals surface area contributed by atoms with Crippen molar-refractivity contribution in [1.29, 1.82) is 0 Å². The van der Waals surface area contributed by atoms with Gasteiger partial charge >= 0.3 is 0 Å². The van der Waals surface area contributed by atoms with Crippen molar-refractivity contribution in [3.63, 3.8) is 0 Å². The predicted molar refractivity (Wildman–Crippen MR) is 63.4 cm³/mol. The van der Waals surface area contributed by atoms with Crippen LogP contribution in [-0.4, -0.2) is 11.7 Å². The van der Waals surface area contributed by atoms with Gasteiger partial charge in [0, 0.05) is 6.61 Å². The van der Waals surface area contributed by atoms with Crippen LogP contribution in [0.3, 0.4) is 0 Å². The second kappa shape index (κ2) is 7.28. The Hall–Kier alpha value is -0.0400. The van der Waals surface area contributed by atoms with Crippen LogP contribution in [-0.2, 0) is 0 Å². The Morgan fingerprint density at radius 1 is 1.14 bits per heavy atom. The van der Waals surface area contributed by atoms with Gasteiger partial charge < -0.3 is 5.11 Å². The van der Waals surface area contributed by atoms with E-state index in [4.69, 9.17) is 5.11 Å². The molecule has 0 aromatic heterocycles. The lowest BCUT2D eigenvalue weighted by atomic mass is 9.74. The fourth-order valence-corrected chi connectivity index (χ4v) is 2.02. The van der Waals surface area contributed by atoms with Crippen LogP contribution in [0.2, 0.25) is 0 Å². The molecule has 0 spiro atoms. The largest absolute Gasteiger partial charge is 0.396 e. The third kappa shape index (κ3) is 5.64. The van der Waals surface area contributed by atoms with Crippen molar-refractivity contribution in [2.75, 3.05) is 6.61 Å². The molecule has 0 amide bonds. The second-order valence-corrected chi connectivity index (χ2v) is 5.21. The lowest BCUT2D eigenvalue weighted by molar-refractivity contribution is 0.192. The molecule has 0 aromatic carbocycles. The summed E-state index contributed by atoms with van der Waals surface area (Å²) in [5.41, 5.74) is 0.494. The third-order valence-electron chi connectivity index (χ3n) is 3.52. The smallest absolute Gasteiger partial charge is 0.0431 e. The van der Waals surface area contributed by atoms with E-state index < -0.39 is 0 Å². The fourth-order valence-electron chi connectivity index (χ4n) is 2.02. The molecular formula is C13H28O. The summed E-state index contributed by atoms with van der Waals surface area (Å²) in [7, 11) is 0. The molecule has 0 aliphatic heterocycles. The van der Waals surface area contributed by atoms with Gasteiger partial charge in [0.15, 0.2) is 0 Å². The lowest BCUT2D eigenvalue weighted by Crippen LogP contribution is -2.21. The topological polar surface area (TPSA) is 20.2 Å². The van der Waals surface area contributed by atoms with Gasteiger partial charge in [-0.2, -0.15) is 0 Å². The maximum atomic E-state index is 8.68. The van der Waals surface area contributed by atoms with Gasteiger partial charge in [-0.15, -0.1) is 0 Å². The van der Waals surface area contributed by atoms with E-state index in [2.05, 4.69) is 27.7 Å². The summed E-state index contributed by atoms with van der Waals surface area (Å²) in [5.74, 6) is 0.807. The normalized spacial score (nSPS) is 14.4. The molecule has 86 valence electrons. The molecule has 0 radical (unpaired) electrons. The van der Waals surface area contributed by atoms with E-state index in [1.165, 1.54) is 32.1 Å². The molecule has 0 rings (SSSR count). The standard InChI is InChI=1S/C13H28O/c1-5-10-13(3,4)12(2)9-7-6-8-11-14/h12,14H,5-11H2,1-4H3. The number of aliphatic hydroxyl groups excluding tert-OH is 1. The average molecular weight is 200 g/mol. The Morgan fingerprint density at radius 3 is 2.29 bits per heavy atom. The van der Waals surface area contributed by atoms with Gasteiger partial charge in [0.05, 0.1) is 0 Å². The van der Waals surface area contributed by atoms with E-state index >= 15 is 0 Å². The molecule has 0 aliphatic carbocycles. The number of rotatable bonds is 8. The number of hydrogen-bond acceptors (Lipinski definition) is 1. The molecule has 0 bridgehead atoms. The quantitative estimate of drug-likeness (QED) is 0.587. The van der Waals surface area contributed by atoms with Crippen molar-refractivity contribution in [3.8, 4) is 0 Å². The summed E-state index contributed by atoms with van der Waals surface area (Å²) in [6, 6.07) is 0. The summed E-state index contributed by atoms with van der Waals surface area (Å²) >= 11 is 0. The highest BCUT2D eigenvalue weighted by atomic mass is 16.2. The van der Waals surface area contributed by atoms with Crippen molar-refractivity contribution < 1.29 is 5.11 Å². The summed E-state index contributed by atoms with van der Waals surface area (Å²) in [5, 5.41) is 8.68. The molecule has 1 unspecified atom stereocenters. The van der Waals surface area contributed by atoms with Crippen LogP contribution in [0.4, 0.5) is 0 Å². The number of aliphatic hydroxyl groups is 1. The van der Waals surface area contributed by atoms with Crippen molar-refractivity contribution in [3.05, 3.63) is 0 Å². The van der Waals surface area contributed by atoms with E-state index in [-0.39, 0.29) is 0 Å². The molecule has 0 aliphatic rings. The summed E-state index contributed by atoms with van der Waals surface area (Å²) < 4.78 is 0. The Bertz CT molecular complexity index is 129. The first-order chi connectivity index (χ1) is 6.54. The SMILES string of the molecule is CCCC(C)(C)C(C)CCCCCO. The van der Waals surface area contributed by atoms with Gasteiger partial charge in [-0.1, -0.05) is 53.4 Å². The van der Waals surface area contributed by atoms with Crippen LogP contribution in [0.1, 0.15) is 66.2 Å². The lowest BCUT2D eigenvalue weighted by Gasteiger charge is -2.31. The Morgan fingerprint density at radius 2 is 1.79 bits per heavy atom. The monoisotopic (exact) mass is 200 g/mol. The highest BCUT2D eigenvalue weighted by Crippen LogP contribution is 2.34. The molecule has 1 N–H and O–H groups in total. The molecule has 0 aromatic rings. The minimum atomic E-state index is 0.354. The minimum absolute atomic E-state index is 0.354. The van der Waals surface area contributed by atoms with Gasteiger partial charge in [-0.25, -0.2) is 0 Å². The zero-order valence-corrected chi connectivity index (χ0v) is 10.5. The zero-order chi connectivity index (χ0) is 11.0. The van der Waals surface area contributed by atoms with Crippen molar-refractivity contribution in [1.82, 2.24) is 0 Å². The summed E-state index contributed by atoms with van der Waals surface area (Å²) in [6.07, 6.45) is 7.36. The van der Waals surface area contributed by atoms with Crippen molar-refractivity contribution in [2.45, 2.75) is 66.2 Å². The number of hydrogen-bond donors (Lipinski definition) is 1. The van der Waals surface area contributed by atoms with Crippen LogP contribution in [0.25, 0.3) is 0 Å². The first kappa shape index (κ1) is 14.0. The molecule has 14 heavy (non-hydrogen) atoms. The molecule has 0 saturated heterocycles. The Kier molecular flexibility index (Phi) is 7.26. The molecule has 1 atom stereocenters. The van der Waals surface area contributed by atoms with Gasteiger partial charge in [0.2, 0.25) is 0 Å². The van der Waals surface area contributed by atoms with Gasteiger partial charge in [0.25, 0.3) is 0 Å². The van der Waals surface area contributed by atoms with E-state index in [9.17, 15) is 0 Å². The number of unbranched alkanes of at least 4 members (excludes halogenated alkanes) is 2. The fraction of sp³-hybridized carbons (Fsp3) is 1.00. The van der Waals surface area contributed by atoms with E-state index in [0.717, 1.165) is 12.3 Å². The average Bonchev–Trinajstić information content (AvgIpc) is 2.12. The molecule has 0 heterocycles. The maximum Gasteiger partial charge on any atom is 0.0431 e. The van der Waals surface area contributed by atoms with E-state index in [1.54, 1.807) is 0 Å². The first-order valence-electron chi connectivity index (χ1n) is 6.15. The first-order valence-corrected chi connectivity index (χ1v) is 6.15. The molecule has 1 nitrogen and oxygen atoms in total. The zero-order valence-electron chi connectivity index (χ0n) is 10.5. The molecular weight excluding hydrogens is 172 g/mol.